The first-order valence-corrected chi connectivity index (χ1v) is 8.35. The Morgan fingerprint density at radius 1 is 1.20 bits per heavy atom. The molecule has 6 heteroatoms. The predicted octanol–water partition coefficient (Wildman–Crippen LogP) is 3.55. The molecule has 0 radical (unpaired) electrons. The summed E-state index contributed by atoms with van der Waals surface area (Å²) in [5, 5.41) is 14.0. The van der Waals surface area contributed by atoms with Crippen molar-refractivity contribution in [3.05, 3.63) is 69.5 Å². The number of aliphatic hydroxyl groups is 1. The largest absolute Gasteiger partial charge is 0.491 e. The van der Waals surface area contributed by atoms with Gasteiger partial charge in [-0.3, -0.25) is 4.79 Å². The molecule has 0 aliphatic carbocycles. The van der Waals surface area contributed by atoms with Gasteiger partial charge >= 0.3 is 0 Å². The predicted molar refractivity (Wildman–Crippen MR) is 101 cm³/mol. The van der Waals surface area contributed by atoms with Gasteiger partial charge in [0, 0.05) is 22.5 Å². The number of H-pyrrole nitrogens is 1. The molecule has 0 spiro atoms. The molecular weight excluding hydrogens is 340 g/mol. The van der Waals surface area contributed by atoms with Crippen LogP contribution < -0.4 is 15.6 Å². The van der Waals surface area contributed by atoms with Gasteiger partial charge in [0.15, 0.2) is 0 Å². The highest BCUT2D eigenvalue weighted by Gasteiger charge is 2.05. The molecule has 1 atom stereocenters. The molecule has 0 aliphatic rings. The molecule has 0 saturated heterocycles. The number of aromatic nitrogens is 1. The van der Waals surface area contributed by atoms with Crippen LogP contribution in [0.15, 0.2) is 53.3 Å². The number of rotatable bonds is 6. The van der Waals surface area contributed by atoms with Crippen molar-refractivity contribution in [3.63, 3.8) is 0 Å². The van der Waals surface area contributed by atoms with Crippen LogP contribution >= 0.6 is 11.6 Å². The van der Waals surface area contributed by atoms with Gasteiger partial charge < -0.3 is 20.1 Å². The van der Waals surface area contributed by atoms with Crippen molar-refractivity contribution in [1.29, 1.82) is 0 Å². The van der Waals surface area contributed by atoms with Crippen LogP contribution in [0, 0.1) is 0 Å². The van der Waals surface area contributed by atoms with E-state index in [-0.39, 0.29) is 12.2 Å². The molecule has 0 aliphatic heterocycles. The highest BCUT2D eigenvalue weighted by Crippen LogP contribution is 2.21. The number of aromatic amines is 1. The Kier molecular flexibility index (Phi) is 5.26. The average Bonchev–Trinajstić information content (AvgIpc) is 2.59. The third-order valence-electron chi connectivity index (χ3n) is 3.70. The van der Waals surface area contributed by atoms with Crippen molar-refractivity contribution in [2.75, 3.05) is 11.9 Å². The average molecular weight is 359 g/mol. The summed E-state index contributed by atoms with van der Waals surface area (Å²) in [6.07, 6.45) is -0.539. The molecule has 1 aromatic heterocycles. The van der Waals surface area contributed by atoms with E-state index in [4.69, 9.17) is 16.3 Å². The van der Waals surface area contributed by atoms with E-state index < -0.39 is 6.10 Å². The maximum absolute atomic E-state index is 12.2. The zero-order chi connectivity index (χ0) is 17.8. The van der Waals surface area contributed by atoms with Crippen molar-refractivity contribution in [1.82, 2.24) is 4.98 Å². The topological polar surface area (TPSA) is 74.3 Å². The zero-order valence-electron chi connectivity index (χ0n) is 13.8. The number of ether oxygens (including phenoxy) is 1. The smallest absolute Gasteiger partial charge is 0.271 e. The molecule has 3 N–H and O–H groups in total. The molecule has 3 aromatic rings. The summed E-state index contributed by atoms with van der Waals surface area (Å²) in [6, 6.07) is 14.6. The van der Waals surface area contributed by atoms with Crippen LogP contribution in [0.25, 0.3) is 10.9 Å². The minimum Gasteiger partial charge on any atom is -0.491 e. The van der Waals surface area contributed by atoms with Gasteiger partial charge in [-0.2, -0.15) is 0 Å². The number of fused-ring (bicyclic) bond motifs is 1. The first-order chi connectivity index (χ1) is 12.0. The van der Waals surface area contributed by atoms with Gasteiger partial charge in [-0.25, -0.2) is 0 Å². The number of benzene rings is 2. The summed E-state index contributed by atoms with van der Waals surface area (Å²) in [5.41, 5.74) is 2.05. The normalized spacial score (nSPS) is 12.1. The van der Waals surface area contributed by atoms with E-state index in [0.717, 1.165) is 16.5 Å². The molecule has 0 saturated carbocycles. The summed E-state index contributed by atoms with van der Waals surface area (Å²) in [5.74, 6) is 0.643. The lowest BCUT2D eigenvalue weighted by Crippen LogP contribution is -2.14. The summed E-state index contributed by atoms with van der Waals surface area (Å²) < 4.78 is 5.51. The molecule has 2 aromatic carbocycles. The van der Waals surface area contributed by atoms with Gasteiger partial charge in [-0.1, -0.05) is 23.7 Å². The lowest BCUT2D eigenvalue weighted by molar-refractivity contribution is 0.123. The lowest BCUT2D eigenvalue weighted by Gasteiger charge is -2.10. The van der Waals surface area contributed by atoms with E-state index in [1.54, 1.807) is 25.1 Å². The second-order valence-corrected chi connectivity index (χ2v) is 6.34. The van der Waals surface area contributed by atoms with Crippen LogP contribution in [0.4, 0.5) is 5.69 Å². The van der Waals surface area contributed by atoms with Gasteiger partial charge in [0.05, 0.1) is 6.10 Å². The van der Waals surface area contributed by atoms with Crippen LogP contribution in [0.1, 0.15) is 12.5 Å². The molecule has 25 heavy (non-hydrogen) atoms. The summed E-state index contributed by atoms with van der Waals surface area (Å²) >= 11 is 5.88. The van der Waals surface area contributed by atoms with Gasteiger partial charge in [-0.05, 0) is 48.9 Å². The van der Waals surface area contributed by atoms with Crippen molar-refractivity contribution in [2.24, 2.45) is 0 Å². The fraction of sp³-hybridized carbons (Fsp3) is 0.211. The highest BCUT2D eigenvalue weighted by atomic mass is 35.5. The fourth-order valence-corrected chi connectivity index (χ4v) is 2.55. The molecule has 3 rings (SSSR count). The first-order valence-electron chi connectivity index (χ1n) is 7.97. The molecule has 130 valence electrons. The van der Waals surface area contributed by atoms with E-state index in [1.807, 2.05) is 30.3 Å². The molecule has 5 nitrogen and oxygen atoms in total. The molecule has 1 heterocycles. The fourth-order valence-electron chi connectivity index (χ4n) is 2.42. The maximum Gasteiger partial charge on any atom is 0.271 e. The van der Waals surface area contributed by atoms with E-state index >= 15 is 0 Å². The Labute approximate surface area is 150 Å². The van der Waals surface area contributed by atoms with Gasteiger partial charge in [-0.15, -0.1) is 0 Å². The van der Waals surface area contributed by atoms with Gasteiger partial charge in [0.1, 0.15) is 18.0 Å². The second kappa shape index (κ2) is 7.59. The third kappa shape index (κ3) is 4.53. The molecule has 0 fully saturated rings. The highest BCUT2D eigenvalue weighted by molar-refractivity contribution is 6.30. The van der Waals surface area contributed by atoms with Crippen LogP contribution in [-0.2, 0) is 6.54 Å². The van der Waals surface area contributed by atoms with Crippen LogP contribution in [0.5, 0.6) is 5.75 Å². The minimum atomic E-state index is -0.539. The van der Waals surface area contributed by atoms with E-state index in [1.165, 1.54) is 0 Å². The van der Waals surface area contributed by atoms with Crippen molar-refractivity contribution < 1.29 is 9.84 Å². The van der Waals surface area contributed by atoms with E-state index in [0.29, 0.717) is 23.0 Å². The minimum absolute atomic E-state index is 0.181. The summed E-state index contributed by atoms with van der Waals surface area (Å²) in [4.78, 5) is 15.1. The summed E-state index contributed by atoms with van der Waals surface area (Å²) in [6.45, 7) is 2.40. The van der Waals surface area contributed by atoms with Crippen LogP contribution in [-0.4, -0.2) is 22.8 Å². The second-order valence-electron chi connectivity index (χ2n) is 5.90. The molecule has 0 amide bonds. The Hall–Kier alpha value is -2.50. The molecular formula is C19H19ClN2O3. The summed E-state index contributed by atoms with van der Waals surface area (Å²) in [7, 11) is 0. The number of nitrogens with one attached hydrogen (secondary N) is 2. The van der Waals surface area contributed by atoms with Gasteiger partial charge in [0.2, 0.25) is 0 Å². The quantitative estimate of drug-likeness (QED) is 0.630. The third-order valence-corrected chi connectivity index (χ3v) is 3.96. The van der Waals surface area contributed by atoms with E-state index in [9.17, 15) is 9.90 Å². The van der Waals surface area contributed by atoms with Crippen LogP contribution in [0.3, 0.4) is 0 Å². The van der Waals surface area contributed by atoms with Crippen molar-refractivity contribution in [3.8, 4) is 5.75 Å². The Balaban J connectivity index is 1.80. The Morgan fingerprint density at radius 2 is 1.96 bits per heavy atom. The Morgan fingerprint density at radius 3 is 2.68 bits per heavy atom. The number of aliphatic hydroxyl groups excluding tert-OH is 1. The lowest BCUT2D eigenvalue weighted by atomic mass is 10.2. The maximum atomic E-state index is 12.2. The Bertz CT molecular complexity index is 920. The monoisotopic (exact) mass is 358 g/mol. The molecule has 0 unspecified atom stereocenters. The van der Waals surface area contributed by atoms with Crippen molar-refractivity contribution >= 4 is 28.2 Å². The standard InChI is InChI=1S/C19H19ClN2O3/c1-12(23)11-25-16-6-7-17-14(8-16)9-18(19(24)22-17)21-10-13-2-4-15(20)5-3-13/h2-9,12,21,23H,10-11H2,1H3,(H,22,24)/t12-/m0/s1. The number of hydrogen-bond donors (Lipinski definition) is 3. The van der Waals surface area contributed by atoms with Crippen molar-refractivity contribution in [2.45, 2.75) is 19.6 Å². The number of halogens is 1. The number of hydrogen-bond acceptors (Lipinski definition) is 4. The number of anilines is 1. The van der Waals surface area contributed by atoms with E-state index in [2.05, 4.69) is 10.3 Å². The molecule has 0 bridgehead atoms. The van der Waals surface area contributed by atoms with Crippen LogP contribution in [0.2, 0.25) is 5.02 Å². The SMILES string of the molecule is C[C@H](O)COc1ccc2[nH]c(=O)c(NCc3ccc(Cl)cc3)cc2c1. The first kappa shape index (κ1) is 17.3. The number of pyridine rings is 1. The zero-order valence-corrected chi connectivity index (χ0v) is 14.5. The van der Waals surface area contributed by atoms with Gasteiger partial charge in [0.25, 0.3) is 5.56 Å².